The van der Waals surface area contributed by atoms with E-state index in [0.29, 0.717) is 10.7 Å². The van der Waals surface area contributed by atoms with Gasteiger partial charge >= 0.3 is 0 Å². The molecule has 0 radical (unpaired) electrons. The average molecular weight is 231 g/mol. The molecule has 0 saturated carbocycles. The second-order valence-corrected chi connectivity index (χ2v) is 3.94. The molecule has 1 aromatic carbocycles. The van der Waals surface area contributed by atoms with Gasteiger partial charge in [0.1, 0.15) is 5.69 Å². The number of aryl methyl sites for hydroxylation is 1. The molecule has 0 saturated heterocycles. The van der Waals surface area contributed by atoms with Crippen LogP contribution < -0.4 is 0 Å². The lowest BCUT2D eigenvalue weighted by Gasteiger charge is -1.98. The Kier molecular flexibility index (Phi) is 1.94. The molecule has 0 amide bonds. The molecule has 0 aliphatic carbocycles. The van der Waals surface area contributed by atoms with Crippen LogP contribution in [0.25, 0.3) is 22.5 Å². The van der Waals surface area contributed by atoms with Crippen LogP contribution in [-0.2, 0) is 7.05 Å². The fourth-order valence-electron chi connectivity index (χ4n) is 1.83. The number of aromatic nitrogens is 3. The minimum Gasteiger partial charge on any atom is -0.408 e. The Balaban J connectivity index is 2.32. The highest BCUT2D eigenvalue weighted by Gasteiger charge is 2.11. The van der Waals surface area contributed by atoms with Gasteiger partial charge in [0, 0.05) is 18.0 Å². The van der Waals surface area contributed by atoms with Crippen LogP contribution in [-0.4, -0.2) is 14.8 Å². The quantitative estimate of drug-likeness (QED) is 0.655. The Morgan fingerprint density at radius 2 is 2.19 bits per heavy atom. The molecule has 1 N–H and O–H groups in total. The third kappa shape index (κ3) is 1.29. The highest BCUT2D eigenvalue weighted by atomic mass is 32.1. The summed E-state index contributed by atoms with van der Waals surface area (Å²) in [5.41, 5.74) is 2.05. The number of hydrogen-bond donors (Lipinski definition) is 1. The highest BCUT2D eigenvalue weighted by molar-refractivity contribution is 7.71. The van der Waals surface area contributed by atoms with Gasteiger partial charge in [0.25, 0.3) is 10.7 Å². The van der Waals surface area contributed by atoms with Crippen LogP contribution in [0.5, 0.6) is 0 Å². The van der Waals surface area contributed by atoms with Crippen LogP contribution in [0, 0.1) is 4.84 Å². The molecule has 0 bridgehead atoms. The van der Waals surface area contributed by atoms with E-state index in [2.05, 4.69) is 22.3 Å². The standard InChI is InChI=1S/C11H9N3OS/c1-14-8-5-3-2-4-7(8)6-9(14)10-12-13-11(16)15-10/h2-6H,1H3,(H,13,16). The molecule has 0 spiro atoms. The summed E-state index contributed by atoms with van der Waals surface area (Å²) in [5, 5.41) is 7.81. The Morgan fingerprint density at radius 1 is 1.38 bits per heavy atom. The van der Waals surface area contributed by atoms with E-state index in [1.165, 1.54) is 0 Å². The van der Waals surface area contributed by atoms with Crippen molar-refractivity contribution in [2.45, 2.75) is 0 Å². The monoisotopic (exact) mass is 231 g/mol. The number of fused-ring (bicyclic) bond motifs is 1. The number of nitrogens with zero attached hydrogens (tertiary/aromatic N) is 2. The first-order chi connectivity index (χ1) is 7.75. The number of hydrogen-bond acceptors (Lipinski definition) is 3. The van der Waals surface area contributed by atoms with Gasteiger partial charge < -0.3 is 8.98 Å². The Bertz CT molecular complexity index is 707. The molecule has 16 heavy (non-hydrogen) atoms. The van der Waals surface area contributed by atoms with Gasteiger partial charge in [-0.2, -0.15) is 0 Å². The molecule has 0 aliphatic rings. The van der Waals surface area contributed by atoms with Gasteiger partial charge in [-0.15, -0.1) is 5.10 Å². The zero-order valence-electron chi connectivity index (χ0n) is 8.60. The van der Waals surface area contributed by atoms with Crippen molar-refractivity contribution in [2.75, 3.05) is 0 Å². The molecule has 3 aromatic rings. The van der Waals surface area contributed by atoms with Gasteiger partial charge in [0.05, 0.1) is 0 Å². The average Bonchev–Trinajstić information content (AvgIpc) is 2.84. The molecule has 0 unspecified atom stereocenters. The maximum atomic E-state index is 5.31. The molecule has 4 nitrogen and oxygen atoms in total. The van der Waals surface area contributed by atoms with E-state index in [1.54, 1.807) is 0 Å². The van der Waals surface area contributed by atoms with E-state index in [4.69, 9.17) is 16.6 Å². The fourth-order valence-corrected chi connectivity index (χ4v) is 1.96. The van der Waals surface area contributed by atoms with Crippen LogP contribution in [0.1, 0.15) is 0 Å². The topological polar surface area (TPSA) is 46.8 Å². The minimum absolute atomic E-state index is 0.292. The zero-order chi connectivity index (χ0) is 11.1. The molecule has 0 fully saturated rings. The molecular formula is C11H9N3OS. The molecule has 0 aliphatic heterocycles. The van der Waals surface area contributed by atoms with Crippen LogP contribution in [0.4, 0.5) is 0 Å². The number of para-hydroxylation sites is 1. The van der Waals surface area contributed by atoms with Gasteiger partial charge in [-0.25, -0.2) is 5.10 Å². The van der Waals surface area contributed by atoms with E-state index in [1.807, 2.05) is 29.8 Å². The van der Waals surface area contributed by atoms with Gasteiger partial charge in [-0.05, 0) is 24.4 Å². The van der Waals surface area contributed by atoms with Crippen molar-refractivity contribution in [3.8, 4) is 11.6 Å². The third-order valence-electron chi connectivity index (χ3n) is 2.61. The van der Waals surface area contributed by atoms with E-state index < -0.39 is 0 Å². The van der Waals surface area contributed by atoms with Crippen molar-refractivity contribution >= 4 is 23.1 Å². The van der Waals surface area contributed by atoms with Gasteiger partial charge in [-0.1, -0.05) is 18.2 Å². The highest BCUT2D eigenvalue weighted by Crippen LogP contribution is 2.25. The maximum Gasteiger partial charge on any atom is 0.284 e. The summed E-state index contributed by atoms with van der Waals surface area (Å²) in [7, 11) is 1.98. The molecule has 2 aromatic heterocycles. The van der Waals surface area contributed by atoms with Crippen LogP contribution in [0.15, 0.2) is 34.7 Å². The van der Waals surface area contributed by atoms with E-state index >= 15 is 0 Å². The van der Waals surface area contributed by atoms with Gasteiger partial charge in [0.2, 0.25) is 0 Å². The number of H-pyrrole nitrogens is 1. The summed E-state index contributed by atoms with van der Waals surface area (Å²) in [4.78, 5) is 0.292. The van der Waals surface area contributed by atoms with Crippen molar-refractivity contribution in [3.05, 3.63) is 35.2 Å². The van der Waals surface area contributed by atoms with Gasteiger partial charge in [0.15, 0.2) is 0 Å². The number of aromatic amines is 1. The molecule has 3 rings (SSSR count). The first kappa shape index (κ1) is 9.35. The van der Waals surface area contributed by atoms with Crippen molar-refractivity contribution in [1.29, 1.82) is 0 Å². The van der Waals surface area contributed by atoms with Crippen LogP contribution in [0.3, 0.4) is 0 Å². The lowest BCUT2D eigenvalue weighted by molar-refractivity contribution is 0.547. The minimum atomic E-state index is 0.292. The Hall–Kier alpha value is -1.88. The summed E-state index contributed by atoms with van der Waals surface area (Å²) in [6.07, 6.45) is 0. The fraction of sp³-hybridized carbons (Fsp3) is 0.0909. The smallest absolute Gasteiger partial charge is 0.284 e. The van der Waals surface area contributed by atoms with Crippen molar-refractivity contribution in [1.82, 2.24) is 14.8 Å². The summed E-state index contributed by atoms with van der Waals surface area (Å²) in [5.74, 6) is 0.517. The summed E-state index contributed by atoms with van der Waals surface area (Å²) >= 11 is 4.86. The lowest BCUT2D eigenvalue weighted by atomic mass is 10.2. The molecule has 80 valence electrons. The number of benzene rings is 1. The second kappa shape index (κ2) is 3.31. The van der Waals surface area contributed by atoms with E-state index in [9.17, 15) is 0 Å². The number of rotatable bonds is 1. The normalized spacial score (nSPS) is 11.1. The summed E-state index contributed by atoms with van der Waals surface area (Å²) < 4.78 is 7.34. The predicted octanol–water partition coefficient (Wildman–Crippen LogP) is 2.89. The number of nitrogens with one attached hydrogen (secondary N) is 1. The SMILES string of the molecule is Cn1c(-c2n[nH]c(=S)o2)cc2ccccc21. The van der Waals surface area contributed by atoms with Crippen molar-refractivity contribution in [3.63, 3.8) is 0 Å². The molecule has 2 heterocycles. The lowest BCUT2D eigenvalue weighted by Crippen LogP contribution is -1.90. The molecule has 5 heteroatoms. The zero-order valence-corrected chi connectivity index (χ0v) is 9.41. The first-order valence-corrected chi connectivity index (χ1v) is 5.27. The predicted molar refractivity (Wildman–Crippen MR) is 63.6 cm³/mol. The van der Waals surface area contributed by atoms with E-state index in [-0.39, 0.29) is 0 Å². The maximum absolute atomic E-state index is 5.31. The molecule has 0 atom stereocenters. The third-order valence-corrected chi connectivity index (χ3v) is 2.78. The Morgan fingerprint density at radius 3 is 2.88 bits per heavy atom. The van der Waals surface area contributed by atoms with Gasteiger partial charge in [-0.3, -0.25) is 0 Å². The second-order valence-electron chi connectivity index (χ2n) is 3.57. The van der Waals surface area contributed by atoms with E-state index in [0.717, 1.165) is 16.6 Å². The van der Waals surface area contributed by atoms with Crippen LogP contribution in [0.2, 0.25) is 0 Å². The largest absolute Gasteiger partial charge is 0.408 e. The van der Waals surface area contributed by atoms with Crippen molar-refractivity contribution in [2.24, 2.45) is 7.05 Å². The van der Waals surface area contributed by atoms with Crippen molar-refractivity contribution < 1.29 is 4.42 Å². The Labute approximate surface area is 96.5 Å². The summed E-state index contributed by atoms with van der Waals surface area (Å²) in [6.45, 7) is 0. The first-order valence-electron chi connectivity index (χ1n) is 4.86. The van der Waals surface area contributed by atoms with Crippen LogP contribution >= 0.6 is 12.2 Å². The summed E-state index contributed by atoms with van der Waals surface area (Å²) in [6, 6.07) is 10.2. The molecular weight excluding hydrogens is 222 g/mol.